The molecule has 1 aromatic carbocycles. The maximum absolute atomic E-state index is 11.9. The minimum atomic E-state index is -0.0529. The Morgan fingerprint density at radius 2 is 2.09 bits per heavy atom. The van der Waals surface area contributed by atoms with Crippen molar-refractivity contribution in [3.05, 3.63) is 30.3 Å². The number of carbonyl (C=O) groups is 1. The predicted molar refractivity (Wildman–Crippen MR) is 95.3 cm³/mol. The van der Waals surface area contributed by atoms with Crippen LogP contribution in [0, 0.1) is 0 Å². The van der Waals surface area contributed by atoms with E-state index in [0.717, 1.165) is 22.3 Å². The zero-order valence-corrected chi connectivity index (χ0v) is 14.8. The molecule has 23 heavy (non-hydrogen) atoms. The lowest BCUT2D eigenvalue weighted by Crippen LogP contribution is -2.12. The highest BCUT2D eigenvalue weighted by atomic mass is 32.2. The van der Waals surface area contributed by atoms with Crippen LogP contribution >= 0.6 is 23.1 Å². The van der Waals surface area contributed by atoms with Gasteiger partial charge in [0.1, 0.15) is 5.75 Å². The van der Waals surface area contributed by atoms with E-state index in [0.29, 0.717) is 24.6 Å². The lowest BCUT2D eigenvalue weighted by atomic mass is 10.3. The summed E-state index contributed by atoms with van der Waals surface area (Å²) in [5, 5.41) is 11.4. The number of benzene rings is 1. The van der Waals surface area contributed by atoms with E-state index in [1.54, 1.807) is 11.8 Å². The lowest BCUT2D eigenvalue weighted by molar-refractivity contribution is -0.116. The number of aromatic nitrogens is 2. The maximum atomic E-state index is 11.9. The van der Waals surface area contributed by atoms with Crippen molar-refractivity contribution in [1.29, 1.82) is 0 Å². The van der Waals surface area contributed by atoms with Crippen LogP contribution in [0.4, 0.5) is 5.13 Å². The van der Waals surface area contributed by atoms with Crippen LogP contribution in [0.1, 0.15) is 32.6 Å². The van der Waals surface area contributed by atoms with Crippen LogP contribution in [-0.4, -0.2) is 28.5 Å². The van der Waals surface area contributed by atoms with Gasteiger partial charge in [-0.1, -0.05) is 54.6 Å². The molecule has 0 aliphatic carbocycles. The largest absolute Gasteiger partial charge is 0.494 e. The molecule has 7 heteroatoms. The summed E-state index contributed by atoms with van der Waals surface area (Å²) in [7, 11) is 0. The van der Waals surface area contributed by atoms with Crippen molar-refractivity contribution < 1.29 is 9.53 Å². The zero-order chi connectivity index (χ0) is 16.3. The molecule has 2 rings (SSSR count). The molecule has 0 unspecified atom stereocenters. The first-order valence-electron chi connectivity index (χ1n) is 7.72. The molecule has 2 aromatic rings. The van der Waals surface area contributed by atoms with Crippen LogP contribution in [0.2, 0.25) is 0 Å². The molecule has 5 nitrogen and oxygen atoms in total. The van der Waals surface area contributed by atoms with Crippen molar-refractivity contribution in [2.45, 2.75) is 36.9 Å². The average molecular weight is 351 g/mol. The summed E-state index contributed by atoms with van der Waals surface area (Å²) >= 11 is 3.11. The maximum Gasteiger partial charge on any atom is 0.226 e. The SMILES string of the molecule is CCCCSc1nnc(NC(=O)CCCOc2ccccc2)s1. The standard InChI is InChI=1S/C16H21N3O2S2/c1-2-3-12-22-16-19-18-15(23-16)17-14(20)10-7-11-21-13-8-5-4-6-9-13/h4-6,8-9H,2-3,7,10-12H2,1H3,(H,17,18,20). The van der Waals surface area contributed by atoms with E-state index in [1.165, 1.54) is 17.8 Å². The van der Waals surface area contributed by atoms with Crippen LogP contribution < -0.4 is 10.1 Å². The Kier molecular flexibility index (Phi) is 7.89. The van der Waals surface area contributed by atoms with E-state index in [-0.39, 0.29) is 5.91 Å². The highest BCUT2D eigenvalue weighted by Gasteiger charge is 2.08. The molecule has 124 valence electrons. The number of nitrogens with zero attached hydrogens (tertiary/aromatic N) is 2. The fraction of sp³-hybridized carbons (Fsp3) is 0.438. The van der Waals surface area contributed by atoms with Crippen molar-refractivity contribution in [2.24, 2.45) is 0 Å². The summed E-state index contributed by atoms with van der Waals surface area (Å²) in [4.78, 5) is 11.9. The van der Waals surface area contributed by atoms with Crippen molar-refractivity contribution in [1.82, 2.24) is 10.2 Å². The van der Waals surface area contributed by atoms with E-state index < -0.39 is 0 Å². The molecule has 0 aliphatic rings. The molecule has 0 radical (unpaired) electrons. The molecule has 1 N–H and O–H groups in total. The van der Waals surface area contributed by atoms with Crippen molar-refractivity contribution in [3.8, 4) is 5.75 Å². The van der Waals surface area contributed by atoms with Gasteiger partial charge in [0.15, 0.2) is 4.34 Å². The Morgan fingerprint density at radius 1 is 1.26 bits per heavy atom. The Hall–Kier alpha value is -1.60. The topological polar surface area (TPSA) is 64.1 Å². The van der Waals surface area contributed by atoms with Gasteiger partial charge in [0, 0.05) is 12.2 Å². The van der Waals surface area contributed by atoms with Gasteiger partial charge in [-0.2, -0.15) is 0 Å². The Bertz CT molecular complexity index is 590. The second-order valence-electron chi connectivity index (χ2n) is 4.89. The van der Waals surface area contributed by atoms with E-state index in [4.69, 9.17) is 4.74 Å². The van der Waals surface area contributed by atoms with Gasteiger partial charge in [-0.25, -0.2) is 0 Å². The summed E-state index contributed by atoms with van der Waals surface area (Å²) in [6.07, 6.45) is 3.40. The van der Waals surface area contributed by atoms with Gasteiger partial charge in [0.05, 0.1) is 6.61 Å². The Labute approximate surface area is 144 Å². The van der Waals surface area contributed by atoms with Crippen molar-refractivity contribution in [3.63, 3.8) is 0 Å². The molecule has 0 aliphatic heterocycles. The predicted octanol–water partition coefficient (Wildman–Crippen LogP) is 4.23. The van der Waals surface area contributed by atoms with Gasteiger partial charge >= 0.3 is 0 Å². The van der Waals surface area contributed by atoms with Gasteiger partial charge in [0.2, 0.25) is 11.0 Å². The number of rotatable bonds is 10. The molecule has 1 aromatic heterocycles. The molecular formula is C16H21N3O2S2. The van der Waals surface area contributed by atoms with Crippen molar-refractivity contribution in [2.75, 3.05) is 17.7 Å². The molecule has 0 saturated carbocycles. The molecule has 0 fully saturated rings. The van der Waals surface area contributed by atoms with Crippen LogP contribution in [0.15, 0.2) is 34.7 Å². The first kappa shape index (κ1) is 17.7. The number of hydrogen-bond donors (Lipinski definition) is 1. The minimum absolute atomic E-state index is 0.0529. The molecule has 0 bridgehead atoms. The van der Waals surface area contributed by atoms with Crippen LogP contribution in [0.5, 0.6) is 5.75 Å². The summed E-state index contributed by atoms with van der Waals surface area (Å²) in [6.45, 7) is 2.68. The van der Waals surface area contributed by atoms with Gasteiger partial charge in [-0.15, -0.1) is 10.2 Å². The van der Waals surface area contributed by atoms with E-state index in [1.807, 2.05) is 30.3 Å². The van der Waals surface area contributed by atoms with E-state index in [9.17, 15) is 4.79 Å². The lowest BCUT2D eigenvalue weighted by Gasteiger charge is -2.05. The van der Waals surface area contributed by atoms with Crippen LogP contribution in [0.25, 0.3) is 0 Å². The average Bonchev–Trinajstić information content (AvgIpc) is 3.00. The quantitative estimate of drug-likeness (QED) is 0.394. The third-order valence-electron chi connectivity index (χ3n) is 2.94. The number of para-hydroxylation sites is 1. The molecule has 1 amide bonds. The normalized spacial score (nSPS) is 10.5. The number of nitrogens with one attached hydrogen (secondary N) is 1. The first-order chi connectivity index (χ1) is 11.3. The number of carbonyl (C=O) groups excluding carboxylic acids is 1. The number of ether oxygens (including phenoxy) is 1. The minimum Gasteiger partial charge on any atom is -0.494 e. The summed E-state index contributed by atoms with van der Waals surface area (Å²) < 4.78 is 6.46. The van der Waals surface area contributed by atoms with Crippen molar-refractivity contribution >= 4 is 34.1 Å². The number of amides is 1. The van der Waals surface area contributed by atoms with Crippen LogP contribution in [0.3, 0.4) is 0 Å². The first-order valence-corrected chi connectivity index (χ1v) is 9.52. The molecule has 1 heterocycles. The Morgan fingerprint density at radius 3 is 2.87 bits per heavy atom. The summed E-state index contributed by atoms with van der Waals surface area (Å²) in [5.41, 5.74) is 0. The summed E-state index contributed by atoms with van der Waals surface area (Å²) in [5.74, 6) is 1.81. The van der Waals surface area contributed by atoms with Gasteiger partial charge in [-0.05, 0) is 25.0 Å². The van der Waals surface area contributed by atoms with Crippen LogP contribution in [-0.2, 0) is 4.79 Å². The summed E-state index contributed by atoms with van der Waals surface area (Å²) in [6, 6.07) is 9.59. The van der Waals surface area contributed by atoms with Gasteiger partial charge < -0.3 is 10.1 Å². The highest BCUT2D eigenvalue weighted by molar-refractivity contribution is 8.01. The fourth-order valence-corrected chi connectivity index (χ4v) is 3.67. The number of thioether (sulfide) groups is 1. The highest BCUT2D eigenvalue weighted by Crippen LogP contribution is 2.26. The monoisotopic (exact) mass is 351 g/mol. The molecule has 0 saturated heterocycles. The van der Waals surface area contributed by atoms with Gasteiger partial charge in [0.25, 0.3) is 0 Å². The van der Waals surface area contributed by atoms with E-state index in [2.05, 4.69) is 22.4 Å². The Balaban J connectivity index is 1.62. The number of hydrogen-bond acceptors (Lipinski definition) is 6. The third-order valence-corrected chi connectivity index (χ3v) is 4.99. The smallest absolute Gasteiger partial charge is 0.226 e. The fourth-order valence-electron chi connectivity index (χ4n) is 1.74. The second kappa shape index (κ2) is 10.2. The number of anilines is 1. The number of unbranched alkanes of at least 4 members (excludes halogenated alkanes) is 1. The zero-order valence-electron chi connectivity index (χ0n) is 13.2. The van der Waals surface area contributed by atoms with E-state index >= 15 is 0 Å². The molecule has 0 spiro atoms. The third kappa shape index (κ3) is 7.00. The molecule has 0 atom stereocenters. The second-order valence-corrected chi connectivity index (χ2v) is 7.21. The van der Waals surface area contributed by atoms with Gasteiger partial charge in [-0.3, -0.25) is 4.79 Å². The molecular weight excluding hydrogens is 330 g/mol.